The van der Waals surface area contributed by atoms with E-state index in [1.54, 1.807) is 0 Å². The van der Waals surface area contributed by atoms with Gasteiger partial charge in [-0.15, -0.1) is 0 Å². The summed E-state index contributed by atoms with van der Waals surface area (Å²) in [6.45, 7) is 7.59. The van der Waals surface area contributed by atoms with Crippen molar-refractivity contribution in [2.75, 3.05) is 44.6 Å². The number of amides is 1. The van der Waals surface area contributed by atoms with Crippen LogP contribution in [0.4, 0.5) is 5.13 Å². The van der Waals surface area contributed by atoms with Gasteiger partial charge in [0.25, 0.3) is 0 Å². The second-order valence-electron chi connectivity index (χ2n) is 7.04. The zero-order valence-electron chi connectivity index (χ0n) is 16.5. The molecule has 0 spiro atoms. The molecule has 1 aromatic carbocycles. The SMILES string of the molecule is CCOc1ccc2nc(NC(=O)CN3CCN(Cc4ccncc4)CC3)sc2c1. The van der Waals surface area contributed by atoms with E-state index < -0.39 is 0 Å². The number of anilines is 1. The molecule has 3 aromatic rings. The van der Waals surface area contributed by atoms with Gasteiger partial charge in [0.05, 0.1) is 23.4 Å². The molecule has 3 heterocycles. The van der Waals surface area contributed by atoms with E-state index in [0.717, 1.165) is 48.7 Å². The lowest BCUT2D eigenvalue weighted by Crippen LogP contribution is -2.48. The molecule has 0 aliphatic carbocycles. The summed E-state index contributed by atoms with van der Waals surface area (Å²) in [7, 11) is 0. The molecule has 0 radical (unpaired) electrons. The Morgan fingerprint density at radius 1 is 1.14 bits per heavy atom. The molecule has 2 aromatic heterocycles. The molecule has 1 N–H and O–H groups in total. The molecule has 1 fully saturated rings. The molecule has 4 rings (SSSR count). The Hall–Kier alpha value is -2.55. The fourth-order valence-corrected chi connectivity index (χ4v) is 4.34. The number of carbonyl (C=O) groups excluding carboxylic acids is 1. The van der Waals surface area contributed by atoms with Crippen LogP contribution >= 0.6 is 11.3 Å². The number of ether oxygens (including phenoxy) is 1. The van der Waals surface area contributed by atoms with E-state index in [2.05, 4.69) is 37.2 Å². The molecule has 7 nitrogen and oxygen atoms in total. The van der Waals surface area contributed by atoms with Crippen LogP contribution in [0.1, 0.15) is 12.5 Å². The van der Waals surface area contributed by atoms with Crippen molar-refractivity contribution in [2.24, 2.45) is 0 Å². The first kappa shape index (κ1) is 19.8. The second kappa shape index (κ2) is 9.30. The van der Waals surface area contributed by atoms with Crippen LogP contribution in [0.25, 0.3) is 10.2 Å². The highest BCUT2D eigenvalue weighted by molar-refractivity contribution is 7.22. The van der Waals surface area contributed by atoms with Gasteiger partial charge in [0, 0.05) is 45.1 Å². The van der Waals surface area contributed by atoms with Crippen molar-refractivity contribution in [2.45, 2.75) is 13.5 Å². The lowest BCUT2D eigenvalue weighted by atomic mass is 10.2. The standard InChI is InChI=1S/C21H25N5O2S/c1-2-28-17-3-4-18-19(13-17)29-21(23-18)24-20(27)15-26-11-9-25(10-12-26)14-16-5-7-22-8-6-16/h3-8,13H,2,9-12,14-15H2,1H3,(H,23,24,27). The van der Waals surface area contributed by atoms with E-state index in [1.807, 2.05) is 37.5 Å². The Morgan fingerprint density at radius 2 is 1.90 bits per heavy atom. The number of hydrogen-bond acceptors (Lipinski definition) is 7. The molecular weight excluding hydrogens is 386 g/mol. The molecule has 1 aliphatic rings. The molecule has 0 saturated carbocycles. The monoisotopic (exact) mass is 411 g/mol. The molecular formula is C21H25N5O2S. The predicted molar refractivity (Wildman–Crippen MR) is 115 cm³/mol. The molecule has 1 saturated heterocycles. The number of piperazine rings is 1. The lowest BCUT2D eigenvalue weighted by Gasteiger charge is -2.34. The number of hydrogen-bond donors (Lipinski definition) is 1. The van der Waals surface area contributed by atoms with E-state index in [4.69, 9.17) is 4.74 Å². The van der Waals surface area contributed by atoms with Crippen LogP contribution < -0.4 is 10.1 Å². The van der Waals surface area contributed by atoms with Crippen molar-refractivity contribution >= 4 is 32.6 Å². The molecule has 152 valence electrons. The second-order valence-corrected chi connectivity index (χ2v) is 8.07. The molecule has 29 heavy (non-hydrogen) atoms. The average Bonchev–Trinajstić information content (AvgIpc) is 3.12. The number of pyridine rings is 1. The van der Waals surface area contributed by atoms with Gasteiger partial charge in [-0.05, 0) is 42.8 Å². The van der Waals surface area contributed by atoms with Crippen LogP contribution in [0, 0.1) is 0 Å². The average molecular weight is 412 g/mol. The zero-order chi connectivity index (χ0) is 20.1. The van der Waals surface area contributed by atoms with Crippen LogP contribution in [-0.4, -0.2) is 65.0 Å². The van der Waals surface area contributed by atoms with Gasteiger partial charge in [-0.2, -0.15) is 0 Å². The van der Waals surface area contributed by atoms with Crippen LogP contribution in [0.3, 0.4) is 0 Å². The zero-order valence-corrected chi connectivity index (χ0v) is 17.3. The van der Waals surface area contributed by atoms with Gasteiger partial charge in [0.15, 0.2) is 5.13 Å². The van der Waals surface area contributed by atoms with Crippen molar-refractivity contribution in [3.8, 4) is 5.75 Å². The van der Waals surface area contributed by atoms with Gasteiger partial charge >= 0.3 is 0 Å². The minimum atomic E-state index is -0.0170. The molecule has 8 heteroatoms. The summed E-state index contributed by atoms with van der Waals surface area (Å²) in [6, 6.07) is 9.90. The number of fused-ring (bicyclic) bond motifs is 1. The maximum Gasteiger partial charge on any atom is 0.240 e. The first-order valence-corrected chi connectivity index (χ1v) is 10.7. The third kappa shape index (κ3) is 5.29. The summed E-state index contributed by atoms with van der Waals surface area (Å²) in [5, 5.41) is 3.58. The summed E-state index contributed by atoms with van der Waals surface area (Å²) < 4.78 is 6.54. The van der Waals surface area contributed by atoms with Gasteiger partial charge in [-0.25, -0.2) is 4.98 Å². The van der Waals surface area contributed by atoms with Crippen molar-refractivity contribution in [1.82, 2.24) is 19.8 Å². The van der Waals surface area contributed by atoms with Gasteiger partial charge in [0.1, 0.15) is 5.75 Å². The van der Waals surface area contributed by atoms with E-state index >= 15 is 0 Å². The first-order valence-electron chi connectivity index (χ1n) is 9.86. The Kier molecular flexibility index (Phi) is 6.33. The van der Waals surface area contributed by atoms with Crippen molar-refractivity contribution in [1.29, 1.82) is 0 Å². The largest absolute Gasteiger partial charge is 0.494 e. The Morgan fingerprint density at radius 3 is 2.66 bits per heavy atom. The van der Waals surface area contributed by atoms with Gasteiger partial charge in [0.2, 0.25) is 5.91 Å². The van der Waals surface area contributed by atoms with Crippen LogP contribution in [0.2, 0.25) is 0 Å². The fraction of sp³-hybridized carbons (Fsp3) is 0.381. The Bertz CT molecular complexity index is 954. The number of thiazole rings is 1. The maximum atomic E-state index is 12.5. The number of nitrogens with one attached hydrogen (secondary N) is 1. The summed E-state index contributed by atoms with van der Waals surface area (Å²) in [5.41, 5.74) is 2.15. The summed E-state index contributed by atoms with van der Waals surface area (Å²) in [5.74, 6) is 0.808. The number of carbonyl (C=O) groups is 1. The van der Waals surface area contributed by atoms with Gasteiger partial charge in [-0.3, -0.25) is 19.6 Å². The minimum Gasteiger partial charge on any atom is -0.494 e. The number of aromatic nitrogens is 2. The Labute approximate surface area is 174 Å². The molecule has 1 amide bonds. The van der Waals surface area contributed by atoms with Crippen molar-refractivity contribution in [3.05, 3.63) is 48.3 Å². The number of benzene rings is 1. The van der Waals surface area contributed by atoms with E-state index in [9.17, 15) is 4.79 Å². The van der Waals surface area contributed by atoms with E-state index in [-0.39, 0.29) is 5.91 Å². The molecule has 0 bridgehead atoms. The number of rotatable bonds is 7. The highest BCUT2D eigenvalue weighted by Gasteiger charge is 2.19. The highest BCUT2D eigenvalue weighted by atomic mass is 32.1. The molecule has 0 atom stereocenters. The summed E-state index contributed by atoms with van der Waals surface area (Å²) >= 11 is 1.47. The Balaban J connectivity index is 1.26. The van der Waals surface area contributed by atoms with E-state index in [1.165, 1.54) is 16.9 Å². The number of nitrogens with zero attached hydrogens (tertiary/aromatic N) is 4. The normalized spacial score (nSPS) is 15.5. The lowest BCUT2D eigenvalue weighted by molar-refractivity contribution is -0.117. The van der Waals surface area contributed by atoms with Crippen molar-refractivity contribution < 1.29 is 9.53 Å². The quantitative estimate of drug-likeness (QED) is 0.645. The summed E-state index contributed by atoms with van der Waals surface area (Å²) in [6.07, 6.45) is 3.66. The first-order chi connectivity index (χ1) is 14.2. The van der Waals surface area contributed by atoms with Crippen LogP contribution in [0.15, 0.2) is 42.7 Å². The summed E-state index contributed by atoms with van der Waals surface area (Å²) in [4.78, 5) is 25.6. The highest BCUT2D eigenvalue weighted by Crippen LogP contribution is 2.29. The van der Waals surface area contributed by atoms with Crippen LogP contribution in [-0.2, 0) is 11.3 Å². The molecule has 1 aliphatic heterocycles. The molecule has 0 unspecified atom stereocenters. The minimum absolute atomic E-state index is 0.0170. The maximum absolute atomic E-state index is 12.5. The van der Waals surface area contributed by atoms with Crippen molar-refractivity contribution in [3.63, 3.8) is 0 Å². The van der Waals surface area contributed by atoms with Gasteiger partial charge < -0.3 is 10.1 Å². The third-order valence-corrected chi connectivity index (χ3v) is 5.84. The fourth-order valence-electron chi connectivity index (χ4n) is 3.43. The third-order valence-electron chi connectivity index (χ3n) is 4.90. The topological polar surface area (TPSA) is 70.6 Å². The van der Waals surface area contributed by atoms with E-state index in [0.29, 0.717) is 18.3 Å². The van der Waals surface area contributed by atoms with Gasteiger partial charge in [-0.1, -0.05) is 11.3 Å². The smallest absolute Gasteiger partial charge is 0.240 e. The predicted octanol–water partition coefficient (Wildman–Crippen LogP) is 2.85. The van der Waals surface area contributed by atoms with Crippen LogP contribution in [0.5, 0.6) is 5.75 Å².